The summed E-state index contributed by atoms with van der Waals surface area (Å²) in [7, 11) is 0. The van der Waals surface area contributed by atoms with Crippen molar-refractivity contribution >= 4 is 78.4 Å². The Labute approximate surface area is 317 Å². The van der Waals surface area contributed by atoms with Gasteiger partial charge in [-0.3, -0.25) is 23.7 Å². The molecule has 2 aliphatic rings. The molecule has 1 N–H and O–H groups in total. The predicted molar refractivity (Wildman–Crippen MR) is 216 cm³/mol. The number of nitrogens with zero attached hydrogens (tertiary/aromatic N) is 4. The van der Waals surface area contributed by atoms with Crippen LogP contribution < -0.4 is 9.80 Å². The van der Waals surface area contributed by atoms with E-state index in [1.807, 2.05) is 114 Å². The van der Waals surface area contributed by atoms with Crippen LogP contribution in [0.15, 0.2) is 152 Å². The molecule has 0 saturated carbocycles. The van der Waals surface area contributed by atoms with Gasteiger partial charge in [-0.05, 0) is 65.4 Å². The molecule has 4 amide bonds. The summed E-state index contributed by atoms with van der Waals surface area (Å²) in [4.78, 5) is 65.3. The zero-order valence-electron chi connectivity index (χ0n) is 29.3. The van der Waals surface area contributed by atoms with Crippen LogP contribution in [0.3, 0.4) is 0 Å². The molecule has 3 heterocycles. The number of amides is 4. The van der Waals surface area contributed by atoms with Crippen LogP contribution in [0.2, 0.25) is 0 Å². The number of phenols is 1. The van der Waals surface area contributed by atoms with E-state index in [9.17, 15) is 24.3 Å². The third-order valence-corrected chi connectivity index (χ3v) is 10.9. The van der Waals surface area contributed by atoms with Crippen molar-refractivity contribution in [1.29, 1.82) is 0 Å². The Balaban J connectivity index is 1.06. The number of para-hydroxylation sites is 3. The summed E-state index contributed by atoms with van der Waals surface area (Å²) in [5, 5.41) is 15.7. The molecular weight excluding hydrogens is 701 g/mol. The van der Waals surface area contributed by atoms with Crippen LogP contribution in [0.25, 0.3) is 60.4 Å². The van der Waals surface area contributed by atoms with Gasteiger partial charge in [0.25, 0.3) is 23.6 Å². The number of aromatic nitrogens is 2. The maximum Gasteiger partial charge on any atom is 0.266 e. The van der Waals surface area contributed by atoms with Gasteiger partial charge in [0, 0.05) is 49.4 Å². The van der Waals surface area contributed by atoms with E-state index in [1.54, 1.807) is 24.3 Å². The molecule has 11 rings (SSSR count). The van der Waals surface area contributed by atoms with Gasteiger partial charge in [-0.2, -0.15) is 0 Å². The third kappa shape index (κ3) is 4.22. The van der Waals surface area contributed by atoms with E-state index in [0.29, 0.717) is 22.7 Å². The number of anilines is 2. The molecule has 8 aromatic carbocycles. The number of carbonyl (C=O) groups is 4. The zero-order valence-corrected chi connectivity index (χ0v) is 29.3. The lowest BCUT2D eigenvalue weighted by Crippen LogP contribution is -2.43. The largest absolute Gasteiger partial charge is 0.504 e. The third-order valence-electron chi connectivity index (χ3n) is 10.9. The Morgan fingerprint density at radius 1 is 0.464 bits per heavy atom. The second-order valence-corrected chi connectivity index (χ2v) is 13.9. The highest BCUT2D eigenvalue weighted by atomic mass is 16.3. The van der Waals surface area contributed by atoms with Gasteiger partial charge in [0.05, 0.1) is 28.1 Å². The average molecular weight is 727 g/mol. The van der Waals surface area contributed by atoms with Gasteiger partial charge in [0.1, 0.15) is 5.82 Å². The van der Waals surface area contributed by atoms with Crippen LogP contribution in [-0.2, 0) is 0 Å². The summed E-state index contributed by atoms with van der Waals surface area (Å²) in [6.45, 7) is 0. The first kappa shape index (κ1) is 31.6. The summed E-state index contributed by atoms with van der Waals surface area (Å²) in [6, 6.07) is 45.4. The van der Waals surface area contributed by atoms with Crippen LogP contribution in [0.1, 0.15) is 41.4 Å². The van der Waals surface area contributed by atoms with E-state index in [0.717, 1.165) is 37.5 Å². The van der Waals surface area contributed by atoms with E-state index in [1.165, 1.54) is 23.1 Å². The SMILES string of the molecule is O=C1c2ccc3c4c(ccc(c24)C(=O)N1c1cccc(-n2c(-c4ccccc4)nc4ccccc42)c1O)C(=O)N(c1c2ccccc2cc2ccccc12)C3=O. The molecule has 0 radical (unpaired) electrons. The van der Waals surface area contributed by atoms with Gasteiger partial charge in [-0.1, -0.05) is 97.1 Å². The number of benzene rings is 8. The van der Waals surface area contributed by atoms with E-state index < -0.39 is 23.6 Å². The summed E-state index contributed by atoms with van der Waals surface area (Å²) in [5.41, 5.74) is 3.68. The Morgan fingerprint density at radius 2 is 0.964 bits per heavy atom. The van der Waals surface area contributed by atoms with Gasteiger partial charge < -0.3 is 5.11 Å². The number of hydrogen-bond acceptors (Lipinski definition) is 6. The molecule has 9 nitrogen and oxygen atoms in total. The van der Waals surface area contributed by atoms with Gasteiger partial charge in [0.2, 0.25) is 0 Å². The number of hydrogen-bond donors (Lipinski definition) is 1. The summed E-state index contributed by atoms with van der Waals surface area (Å²) in [5.74, 6) is -2.23. The number of fused-ring (bicyclic) bond motifs is 3. The number of carbonyl (C=O) groups excluding carboxylic acids is 4. The maximum absolute atomic E-state index is 14.6. The molecule has 0 atom stereocenters. The van der Waals surface area contributed by atoms with Crippen molar-refractivity contribution in [3.63, 3.8) is 0 Å². The molecule has 264 valence electrons. The van der Waals surface area contributed by atoms with Crippen LogP contribution in [0, 0.1) is 0 Å². The van der Waals surface area contributed by atoms with Crippen molar-refractivity contribution in [1.82, 2.24) is 9.55 Å². The maximum atomic E-state index is 14.6. The zero-order chi connectivity index (χ0) is 37.8. The first-order valence-electron chi connectivity index (χ1n) is 18.0. The second-order valence-electron chi connectivity index (χ2n) is 13.9. The fourth-order valence-corrected chi connectivity index (χ4v) is 8.46. The lowest BCUT2D eigenvalue weighted by Gasteiger charge is -2.33. The minimum Gasteiger partial charge on any atom is -0.504 e. The van der Waals surface area contributed by atoms with Gasteiger partial charge in [0.15, 0.2) is 5.75 Å². The fourth-order valence-electron chi connectivity index (χ4n) is 8.46. The van der Waals surface area contributed by atoms with Gasteiger partial charge in [-0.25, -0.2) is 14.8 Å². The van der Waals surface area contributed by atoms with E-state index >= 15 is 0 Å². The summed E-state index contributed by atoms with van der Waals surface area (Å²) >= 11 is 0. The van der Waals surface area contributed by atoms with Crippen LogP contribution in [-0.4, -0.2) is 38.3 Å². The lowest BCUT2D eigenvalue weighted by atomic mass is 9.85. The quantitative estimate of drug-likeness (QED) is 0.143. The lowest BCUT2D eigenvalue weighted by molar-refractivity contribution is 0.0873. The van der Waals surface area contributed by atoms with Gasteiger partial charge >= 0.3 is 0 Å². The normalized spacial score (nSPS) is 13.9. The highest BCUT2D eigenvalue weighted by Crippen LogP contribution is 2.45. The standard InChI is InChI=1S/C47H26N4O5/c52-42-37(49-36-18-9-8-17-35(36)48-43(49)26-11-2-1-3-12-26)19-10-20-38(42)50-44(53)31-21-23-33-40-34(24-22-32(39(31)40)45(50)54)47(56)51(46(33)55)41-29-15-6-4-13-27(29)25-28-14-5-7-16-30(28)41/h1-25,52H. The van der Waals surface area contributed by atoms with Crippen molar-refractivity contribution in [2.24, 2.45) is 0 Å². The van der Waals surface area contributed by atoms with E-state index in [2.05, 4.69) is 0 Å². The average Bonchev–Trinajstić information content (AvgIpc) is 3.62. The monoisotopic (exact) mass is 726 g/mol. The van der Waals surface area contributed by atoms with E-state index in [4.69, 9.17) is 4.98 Å². The molecule has 0 unspecified atom stereocenters. The number of imide groups is 2. The van der Waals surface area contributed by atoms with Crippen LogP contribution >= 0.6 is 0 Å². The van der Waals surface area contributed by atoms with Crippen molar-refractivity contribution in [3.8, 4) is 22.8 Å². The second kappa shape index (κ2) is 11.5. The molecule has 9 heteroatoms. The molecular formula is C47H26N4O5. The Hall–Kier alpha value is -7.91. The molecule has 9 aromatic rings. The van der Waals surface area contributed by atoms with Crippen molar-refractivity contribution in [2.45, 2.75) is 0 Å². The van der Waals surface area contributed by atoms with E-state index in [-0.39, 0.29) is 44.5 Å². The molecule has 56 heavy (non-hydrogen) atoms. The molecule has 0 bridgehead atoms. The first-order valence-corrected chi connectivity index (χ1v) is 18.0. The molecule has 1 aromatic heterocycles. The minimum atomic E-state index is -0.695. The molecule has 2 aliphatic heterocycles. The van der Waals surface area contributed by atoms with Crippen molar-refractivity contribution < 1.29 is 24.3 Å². The Morgan fingerprint density at radius 3 is 1.57 bits per heavy atom. The smallest absolute Gasteiger partial charge is 0.266 e. The predicted octanol–water partition coefficient (Wildman–Crippen LogP) is 9.46. The first-order chi connectivity index (χ1) is 27.4. The highest BCUT2D eigenvalue weighted by Gasteiger charge is 2.42. The minimum absolute atomic E-state index is 0.0190. The Kier molecular flexibility index (Phi) is 6.51. The fraction of sp³-hybridized carbons (Fsp3) is 0. The van der Waals surface area contributed by atoms with Crippen LogP contribution in [0.4, 0.5) is 11.4 Å². The molecule has 0 spiro atoms. The van der Waals surface area contributed by atoms with Gasteiger partial charge in [-0.15, -0.1) is 0 Å². The van der Waals surface area contributed by atoms with Crippen LogP contribution in [0.5, 0.6) is 5.75 Å². The number of rotatable bonds is 4. The number of aromatic hydroxyl groups is 1. The number of phenolic OH excluding ortho intramolecular Hbond substituents is 1. The van der Waals surface area contributed by atoms with Crippen molar-refractivity contribution in [2.75, 3.05) is 9.80 Å². The molecule has 0 aliphatic carbocycles. The summed E-state index contributed by atoms with van der Waals surface area (Å²) < 4.78 is 1.81. The molecule has 0 fully saturated rings. The Bertz CT molecular complexity index is 3130. The van der Waals surface area contributed by atoms with Crippen molar-refractivity contribution in [3.05, 3.63) is 174 Å². The summed E-state index contributed by atoms with van der Waals surface area (Å²) in [6.07, 6.45) is 0. The highest BCUT2D eigenvalue weighted by molar-refractivity contribution is 6.43. The topological polar surface area (TPSA) is 113 Å². The molecule has 0 saturated heterocycles. The number of imidazole rings is 1.